The molecule has 0 aliphatic heterocycles. The van der Waals surface area contributed by atoms with Crippen LogP contribution in [0.25, 0.3) is 0 Å². The van der Waals surface area contributed by atoms with E-state index in [0.717, 1.165) is 75.7 Å². The number of aliphatic hydroxyl groups excluding tert-OH is 3. The topological polar surface area (TPSA) is 208 Å². The lowest BCUT2D eigenvalue weighted by Gasteiger charge is -2.20. The monoisotopic (exact) mass is 880 g/mol. The number of rotatable bonds is 37. The Labute approximate surface area is 365 Å². The molecule has 13 nitrogen and oxygen atoms in total. The van der Waals surface area contributed by atoms with Gasteiger partial charge in [-0.3, -0.25) is 18.6 Å². The number of hydrogen-bond acceptors (Lipinski definition) is 12. The van der Waals surface area contributed by atoms with Crippen LogP contribution in [0.3, 0.4) is 0 Å². The van der Waals surface area contributed by atoms with E-state index in [1.54, 1.807) is 42.5 Å². The van der Waals surface area contributed by atoms with Crippen molar-refractivity contribution >= 4 is 19.8 Å². The van der Waals surface area contributed by atoms with Crippen molar-refractivity contribution in [1.82, 2.24) is 0 Å². The lowest BCUT2D eigenvalue weighted by molar-refractivity contribution is -0.161. The second-order valence-corrected chi connectivity index (χ2v) is 16.8. The molecule has 61 heavy (non-hydrogen) atoms. The number of phosphoric ester groups is 1. The fourth-order valence-electron chi connectivity index (χ4n) is 6.21. The first-order chi connectivity index (χ1) is 29.3. The van der Waals surface area contributed by atoms with Gasteiger partial charge in [-0.2, -0.15) is 0 Å². The zero-order chi connectivity index (χ0) is 45.1. The van der Waals surface area contributed by atoms with Gasteiger partial charge in [-0.1, -0.05) is 126 Å². The van der Waals surface area contributed by atoms with Gasteiger partial charge in [0.25, 0.3) is 0 Å². The smallest absolute Gasteiger partial charge is 0.466 e. The first-order valence-electron chi connectivity index (χ1n) is 22.5. The van der Waals surface area contributed by atoms with Crippen LogP contribution in [0.1, 0.15) is 146 Å². The van der Waals surface area contributed by atoms with Crippen LogP contribution in [0, 0.1) is 13.8 Å². The first kappa shape index (κ1) is 55.9. The van der Waals surface area contributed by atoms with Gasteiger partial charge in [0.15, 0.2) is 6.10 Å². The minimum atomic E-state index is -4.48. The van der Waals surface area contributed by atoms with E-state index >= 15 is 0 Å². The van der Waals surface area contributed by atoms with Gasteiger partial charge in [0.05, 0.1) is 31.5 Å². The molecule has 1 aromatic rings. The molecule has 0 aliphatic carbocycles. The number of carbonyl (C=O) groups is 2. The quantitative estimate of drug-likeness (QED) is 0.0139. The third kappa shape index (κ3) is 29.0. The van der Waals surface area contributed by atoms with Crippen molar-refractivity contribution in [1.29, 1.82) is 0 Å². The average Bonchev–Trinajstić information content (AvgIpc) is 3.50. The predicted molar refractivity (Wildman–Crippen MR) is 241 cm³/mol. The minimum absolute atomic E-state index is 0.00511. The lowest BCUT2D eigenvalue weighted by atomic mass is 10.0. The van der Waals surface area contributed by atoms with Crippen LogP contribution in [-0.2, 0) is 45.5 Å². The van der Waals surface area contributed by atoms with Crippen molar-refractivity contribution in [3.63, 3.8) is 0 Å². The number of aliphatic hydroxyl groups is 3. The van der Waals surface area contributed by atoms with Crippen LogP contribution in [0.15, 0.2) is 65.2 Å². The van der Waals surface area contributed by atoms with Gasteiger partial charge >= 0.3 is 19.8 Å². The molecule has 0 aliphatic rings. The molecular formula is C47H78NO12P. The van der Waals surface area contributed by atoms with Crippen LogP contribution in [-0.4, -0.2) is 82.9 Å². The molecule has 1 aromatic heterocycles. The molecule has 0 saturated heterocycles. The second kappa shape index (κ2) is 35.3. The van der Waals surface area contributed by atoms with Crippen LogP contribution in [0.2, 0.25) is 0 Å². The Morgan fingerprint density at radius 1 is 0.721 bits per heavy atom. The fourth-order valence-corrected chi connectivity index (χ4v) is 6.98. The molecule has 0 bridgehead atoms. The van der Waals surface area contributed by atoms with Crippen molar-refractivity contribution < 1.29 is 57.3 Å². The lowest BCUT2D eigenvalue weighted by Crippen LogP contribution is -2.30. The van der Waals surface area contributed by atoms with E-state index in [0.29, 0.717) is 12.8 Å². The van der Waals surface area contributed by atoms with Gasteiger partial charge in [-0.05, 0) is 69.9 Å². The number of nitrogens with two attached hydrogens (primary N) is 1. The highest BCUT2D eigenvalue weighted by molar-refractivity contribution is 7.47. The molecule has 5 atom stereocenters. The number of allylic oxidation sites excluding steroid dienone is 7. The maximum absolute atomic E-state index is 12.7. The molecule has 0 aromatic carbocycles. The molecule has 6 N–H and O–H groups in total. The standard InChI is InChI=1S/C47H78NO12P/c1-5-7-19-26-40(49)27-21-15-13-14-16-22-28-42(50)43(51)29-25-33-46(52)56-36-41(37-58-61(54,55)57-35-34-48)59-47(53)32-24-18-12-10-9-11-17-23-31-45-39(4)38(3)44(60-45)30-20-8-6-2/h7,13-16,19,21-22,27-28,40-43,49-51H,5-6,8-12,17-18,20,23-26,29-37,48H2,1-4H3,(H,54,55)/b15-13+,16-14-,19-7-,27-21+,28-22-/t40-,41-,42+,43+/m1/s1. The summed E-state index contributed by atoms with van der Waals surface area (Å²) < 4.78 is 38.8. The average molecular weight is 880 g/mol. The van der Waals surface area contributed by atoms with Gasteiger partial charge in [-0.25, -0.2) is 4.57 Å². The summed E-state index contributed by atoms with van der Waals surface area (Å²) in [6, 6.07) is 0. The number of furan rings is 1. The van der Waals surface area contributed by atoms with Crippen molar-refractivity contribution in [2.45, 2.75) is 174 Å². The molecule has 1 heterocycles. The van der Waals surface area contributed by atoms with Gasteiger partial charge in [-0.15, -0.1) is 0 Å². The molecular weight excluding hydrogens is 801 g/mol. The fraction of sp³-hybridized carbons (Fsp3) is 0.660. The van der Waals surface area contributed by atoms with Gasteiger partial charge in [0.1, 0.15) is 18.1 Å². The Kier molecular flexibility index (Phi) is 32.4. The maximum Gasteiger partial charge on any atom is 0.472 e. The largest absolute Gasteiger partial charge is 0.472 e. The number of phosphoric acid groups is 1. The number of hydrogen-bond donors (Lipinski definition) is 5. The van der Waals surface area contributed by atoms with E-state index in [4.69, 9.17) is 28.7 Å². The normalized spacial score (nSPS) is 15.4. The zero-order valence-electron chi connectivity index (χ0n) is 37.4. The highest BCUT2D eigenvalue weighted by Gasteiger charge is 2.26. The Bertz CT molecular complexity index is 1520. The Morgan fingerprint density at radius 3 is 1.92 bits per heavy atom. The van der Waals surface area contributed by atoms with E-state index in [1.165, 1.54) is 36.5 Å². The third-order valence-corrected chi connectivity index (χ3v) is 10.9. The number of unbranched alkanes of at least 4 members (excludes halogenated alkanes) is 9. The zero-order valence-corrected chi connectivity index (χ0v) is 38.3. The Balaban J connectivity index is 2.40. The first-order valence-corrected chi connectivity index (χ1v) is 23.9. The second-order valence-electron chi connectivity index (χ2n) is 15.3. The van der Waals surface area contributed by atoms with E-state index in [9.17, 15) is 34.4 Å². The maximum atomic E-state index is 12.7. The van der Waals surface area contributed by atoms with Crippen LogP contribution >= 0.6 is 7.82 Å². The molecule has 0 radical (unpaired) electrons. The predicted octanol–water partition coefficient (Wildman–Crippen LogP) is 9.06. The molecule has 0 spiro atoms. The SMILES string of the molecule is CC/C=C\C[C@@H](O)/C=C/C=C/C=C\C=C/[C@H](O)[C@@H](O)CCCC(=O)OC[C@H](COP(=O)(O)OCCN)OC(=O)CCCCCCCCCCc1oc(CCCCC)c(C)c1C. The summed E-state index contributed by atoms with van der Waals surface area (Å²) in [5, 5.41) is 30.4. The summed E-state index contributed by atoms with van der Waals surface area (Å²) in [6.07, 6.45) is 28.9. The summed E-state index contributed by atoms with van der Waals surface area (Å²) in [5.41, 5.74) is 7.94. The summed E-state index contributed by atoms with van der Waals surface area (Å²) in [5.74, 6) is 1.10. The summed E-state index contributed by atoms with van der Waals surface area (Å²) in [7, 11) is -4.48. The van der Waals surface area contributed by atoms with E-state index in [2.05, 4.69) is 20.8 Å². The van der Waals surface area contributed by atoms with E-state index < -0.39 is 57.4 Å². The van der Waals surface area contributed by atoms with Crippen molar-refractivity contribution in [2.24, 2.45) is 5.73 Å². The third-order valence-electron chi connectivity index (χ3n) is 9.96. The molecule has 0 amide bonds. The number of esters is 2. The van der Waals surface area contributed by atoms with E-state index in [1.807, 2.05) is 19.1 Å². The summed E-state index contributed by atoms with van der Waals surface area (Å²) in [4.78, 5) is 35.1. The van der Waals surface area contributed by atoms with Crippen molar-refractivity contribution in [2.75, 3.05) is 26.4 Å². The molecule has 1 unspecified atom stereocenters. The molecule has 0 saturated carbocycles. The summed E-state index contributed by atoms with van der Waals surface area (Å²) >= 11 is 0. The molecule has 0 fully saturated rings. The summed E-state index contributed by atoms with van der Waals surface area (Å²) in [6.45, 7) is 7.39. The van der Waals surface area contributed by atoms with Crippen LogP contribution in [0.5, 0.6) is 0 Å². The van der Waals surface area contributed by atoms with E-state index in [-0.39, 0.29) is 38.8 Å². The van der Waals surface area contributed by atoms with Crippen LogP contribution < -0.4 is 5.73 Å². The molecule has 348 valence electrons. The highest BCUT2D eigenvalue weighted by atomic mass is 31.2. The minimum Gasteiger partial charge on any atom is -0.466 e. The van der Waals surface area contributed by atoms with Gasteiger partial charge in [0.2, 0.25) is 0 Å². The van der Waals surface area contributed by atoms with Crippen LogP contribution in [0.4, 0.5) is 0 Å². The molecule has 1 rings (SSSR count). The Hall–Kier alpha value is -3.13. The van der Waals surface area contributed by atoms with Crippen molar-refractivity contribution in [3.05, 3.63) is 83.4 Å². The Morgan fingerprint density at radius 2 is 1.30 bits per heavy atom. The number of carbonyl (C=O) groups excluding carboxylic acids is 2. The highest BCUT2D eigenvalue weighted by Crippen LogP contribution is 2.43. The number of aryl methyl sites for hydroxylation is 2. The molecule has 14 heteroatoms. The van der Waals surface area contributed by atoms with Gasteiger partial charge in [0, 0.05) is 32.2 Å². The van der Waals surface area contributed by atoms with Gasteiger partial charge < -0.3 is 39.8 Å². The number of ether oxygens (including phenoxy) is 2. The van der Waals surface area contributed by atoms with Crippen molar-refractivity contribution in [3.8, 4) is 0 Å².